The SMILES string of the molecule is O=C(O)c1cccc(NS(=O)(=O)c2ccc3[nH]c(=O)oc3c2)c1. The van der Waals surface area contributed by atoms with Crippen LogP contribution in [0.1, 0.15) is 10.4 Å². The van der Waals surface area contributed by atoms with E-state index in [2.05, 4.69) is 9.71 Å². The number of carboxylic acids is 1. The van der Waals surface area contributed by atoms with Gasteiger partial charge in [0, 0.05) is 11.8 Å². The number of fused-ring (bicyclic) bond motifs is 1. The zero-order valence-electron chi connectivity index (χ0n) is 11.4. The molecule has 8 nitrogen and oxygen atoms in total. The van der Waals surface area contributed by atoms with Gasteiger partial charge >= 0.3 is 11.7 Å². The third kappa shape index (κ3) is 2.94. The number of nitrogens with one attached hydrogen (secondary N) is 2. The second-order valence-electron chi connectivity index (χ2n) is 4.66. The highest BCUT2D eigenvalue weighted by Gasteiger charge is 2.17. The van der Waals surface area contributed by atoms with Gasteiger partial charge in [0.2, 0.25) is 0 Å². The number of aromatic carboxylic acids is 1. The number of carbonyl (C=O) groups is 1. The summed E-state index contributed by atoms with van der Waals surface area (Å²) in [6.45, 7) is 0. The van der Waals surface area contributed by atoms with Crippen LogP contribution >= 0.6 is 0 Å². The van der Waals surface area contributed by atoms with Crippen LogP contribution in [-0.4, -0.2) is 24.5 Å². The normalized spacial score (nSPS) is 11.5. The Labute approximate surface area is 129 Å². The lowest BCUT2D eigenvalue weighted by atomic mass is 10.2. The summed E-state index contributed by atoms with van der Waals surface area (Å²) in [6.07, 6.45) is 0. The lowest BCUT2D eigenvalue weighted by Gasteiger charge is -2.08. The summed E-state index contributed by atoms with van der Waals surface area (Å²) in [5.41, 5.74) is 0.553. The molecule has 0 saturated carbocycles. The van der Waals surface area contributed by atoms with Gasteiger partial charge < -0.3 is 9.52 Å². The molecule has 1 heterocycles. The summed E-state index contributed by atoms with van der Waals surface area (Å²) in [6, 6.07) is 9.32. The molecule has 23 heavy (non-hydrogen) atoms. The quantitative estimate of drug-likeness (QED) is 0.665. The Bertz CT molecular complexity index is 1060. The van der Waals surface area contributed by atoms with Gasteiger partial charge in [-0.25, -0.2) is 18.0 Å². The number of rotatable bonds is 4. The Morgan fingerprint density at radius 2 is 1.96 bits per heavy atom. The van der Waals surface area contributed by atoms with Crippen LogP contribution < -0.4 is 10.5 Å². The monoisotopic (exact) mass is 334 g/mol. The van der Waals surface area contributed by atoms with Crippen molar-refractivity contribution in [1.29, 1.82) is 0 Å². The molecule has 0 saturated heterocycles. The van der Waals surface area contributed by atoms with E-state index in [0.717, 1.165) is 0 Å². The molecular weight excluding hydrogens is 324 g/mol. The minimum absolute atomic E-state index is 0.0442. The van der Waals surface area contributed by atoms with Crippen LogP contribution in [0, 0.1) is 0 Å². The van der Waals surface area contributed by atoms with E-state index >= 15 is 0 Å². The minimum Gasteiger partial charge on any atom is -0.478 e. The molecule has 3 N–H and O–H groups in total. The summed E-state index contributed by atoms with van der Waals surface area (Å²) in [7, 11) is -3.96. The van der Waals surface area contributed by atoms with Crippen molar-refractivity contribution in [3.63, 3.8) is 0 Å². The lowest BCUT2D eigenvalue weighted by Crippen LogP contribution is -2.13. The van der Waals surface area contributed by atoms with Crippen molar-refractivity contribution in [2.24, 2.45) is 0 Å². The number of H-pyrrole nitrogens is 1. The number of aromatic amines is 1. The van der Waals surface area contributed by atoms with Crippen molar-refractivity contribution in [3.8, 4) is 0 Å². The van der Waals surface area contributed by atoms with Gasteiger partial charge in [0.1, 0.15) is 0 Å². The molecular formula is C14H10N2O6S. The Morgan fingerprint density at radius 3 is 2.70 bits per heavy atom. The molecule has 0 spiro atoms. The molecule has 2 aromatic carbocycles. The van der Waals surface area contributed by atoms with Gasteiger partial charge in [-0.1, -0.05) is 6.07 Å². The molecule has 0 amide bonds. The smallest absolute Gasteiger partial charge is 0.417 e. The molecule has 0 atom stereocenters. The number of oxazole rings is 1. The summed E-state index contributed by atoms with van der Waals surface area (Å²) >= 11 is 0. The van der Waals surface area contributed by atoms with Gasteiger partial charge in [0.05, 0.1) is 16.0 Å². The van der Waals surface area contributed by atoms with Gasteiger partial charge in [-0.15, -0.1) is 0 Å². The van der Waals surface area contributed by atoms with E-state index in [1.165, 1.54) is 42.5 Å². The van der Waals surface area contributed by atoms with Crippen LogP contribution in [-0.2, 0) is 10.0 Å². The maximum absolute atomic E-state index is 12.3. The molecule has 0 unspecified atom stereocenters. The van der Waals surface area contributed by atoms with Crippen LogP contribution in [0.15, 0.2) is 56.6 Å². The number of anilines is 1. The van der Waals surface area contributed by atoms with Crippen LogP contribution in [0.25, 0.3) is 11.1 Å². The fourth-order valence-electron chi connectivity index (χ4n) is 2.02. The fraction of sp³-hybridized carbons (Fsp3) is 0. The summed E-state index contributed by atoms with van der Waals surface area (Å²) in [5.74, 6) is -1.85. The number of hydrogen-bond donors (Lipinski definition) is 3. The average Bonchev–Trinajstić information content (AvgIpc) is 2.86. The fourth-order valence-corrected chi connectivity index (χ4v) is 3.09. The molecule has 9 heteroatoms. The highest BCUT2D eigenvalue weighted by atomic mass is 32.2. The molecule has 0 radical (unpaired) electrons. The molecule has 3 rings (SSSR count). The van der Waals surface area contributed by atoms with Crippen molar-refractivity contribution in [2.75, 3.05) is 4.72 Å². The van der Waals surface area contributed by atoms with Crippen molar-refractivity contribution in [2.45, 2.75) is 4.90 Å². The van der Waals surface area contributed by atoms with E-state index in [1.54, 1.807) is 0 Å². The van der Waals surface area contributed by atoms with Crippen molar-refractivity contribution in [3.05, 3.63) is 58.6 Å². The number of aromatic nitrogens is 1. The van der Waals surface area contributed by atoms with E-state index in [9.17, 15) is 18.0 Å². The molecule has 3 aromatic rings. The predicted octanol–water partition coefficient (Wildman–Crippen LogP) is 1.62. The number of carboxylic acid groups (broad SMARTS) is 1. The van der Waals surface area contributed by atoms with Crippen molar-refractivity contribution < 1.29 is 22.7 Å². The molecule has 1 aromatic heterocycles. The van der Waals surface area contributed by atoms with Gasteiger partial charge in [0.25, 0.3) is 10.0 Å². The highest BCUT2D eigenvalue weighted by molar-refractivity contribution is 7.92. The molecule has 0 aliphatic carbocycles. The number of benzene rings is 2. The van der Waals surface area contributed by atoms with Crippen LogP contribution in [0.2, 0.25) is 0 Å². The van der Waals surface area contributed by atoms with E-state index < -0.39 is 21.7 Å². The van der Waals surface area contributed by atoms with E-state index in [0.29, 0.717) is 5.52 Å². The zero-order valence-corrected chi connectivity index (χ0v) is 12.3. The van der Waals surface area contributed by atoms with Crippen molar-refractivity contribution in [1.82, 2.24) is 4.98 Å². The Kier molecular flexibility index (Phi) is 3.41. The van der Waals surface area contributed by atoms with E-state index in [1.807, 2.05) is 0 Å². The van der Waals surface area contributed by atoms with Gasteiger partial charge in [0.15, 0.2) is 5.58 Å². The van der Waals surface area contributed by atoms with Crippen LogP contribution in [0.5, 0.6) is 0 Å². The third-order valence-electron chi connectivity index (χ3n) is 3.06. The standard InChI is InChI=1S/C14H10N2O6S/c17-13(18)8-2-1-3-9(6-8)16-23(20,21)10-4-5-11-12(7-10)22-14(19)15-11/h1-7,16H,(H,15,19)(H,17,18). The maximum Gasteiger partial charge on any atom is 0.417 e. The van der Waals surface area contributed by atoms with E-state index in [4.69, 9.17) is 9.52 Å². The molecule has 0 aliphatic rings. The van der Waals surface area contributed by atoms with Crippen molar-refractivity contribution >= 4 is 32.8 Å². The topological polar surface area (TPSA) is 129 Å². The largest absolute Gasteiger partial charge is 0.478 e. The highest BCUT2D eigenvalue weighted by Crippen LogP contribution is 2.20. The Morgan fingerprint density at radius 1 is 1.17 bits per heavy atom. The number of sulfonamides is 1. The maximum atomic E-state index is 12.3. The first-order chi connectivity index (χ1) is 10.8. The first kappa shape index (κ1) is 14.9. The molecule has 0 aliphatic heterocycles. The van der Waals surface area contributed by atoms with E-state index in [-0.39, 0.29) is 21.7 Å². The average molecular weight is 334 g/mol. The van der Waals surface area contributed by atoms with Gasteiger partial charge in [-0.3, -0.25) is 9.71 Å². The molecule has 0 bridgehead atoms. The second-order valence-corrected chi connectivity index (χ2v) is 6.35. The summed E-state index contributed by atoms with van der Waals surface area (Å²) in [4.78, 5) is 24.3. The van der Waals surface area contributed by atoms with Gasteiger partial charge in [-0.2, -0.15) is 0 Å². The first-order valence-corrected chi connectivity index (χ1v) is 7.82. The lowest BCUT2D eigenvalue weighted by molar-refractivity contribution is 0.0697. The predicted molar refractivity (Wildman–Crippen MR) is 81.0 cm³/mol. The Balaban J connectivity index is 1.98. The number of hydrogen-bond acceptors (Lipinski definition) is 5. The summed E-state index contributed by atoms with van der Waals surface area (Å²) in [5, 5.41) is 8.92. The molecule has 0 fully saturated rings. The zero-order chi connectivity index (χ0) is 16.6. The molecule has 118 valence electrons. The van der Waals surface area contributed by atoms with Gasteiger partial charge in [-0.05, 0) is 30.3 Å². The third-order valence-corrected chi connectivity index (χ3v) is 4.44. The van der Waals surface area contributed by atoms with Crippen LogP contribution in [0.4, 0.5) is 5.69 Å². The van der Waals surface area contributed by atoms with Crippen LogP contribution in [0.3, 0.4) is 0 Å². The summed E-state index contributed by atoms with van der Waals surface area (Å²) < 4.78 is 31.8. The Hall–Kier alpha value is -3.07. The first-order valence-electron chi connectivity index (χ1n) is 6.34. The minimum atomic E-state index is -3.96. The second kappa shape index (κ2) is 5.29.